The molecule has 1 saturated carbocycles. The first kappa shape index (κ1) is 18.8. The molecule has 27 heavy (non-hydrogen) atoms. The molecule has 2 atom stereocenters. The quantitative estimate of drug-likeness (QED) is 0.702. The van der Waals surface area contributed by atoms with Crippen LogP contribution in [0, 0.1) is 11.8 Å². The second-order valence-corrected chi connectivity index (χ2v) is 6.67. The molecule has 1 aliphatic rings. The number of methoxy groups -OCH3 is 1. The molecule has 1 aliphatic carbocycles. The molecule has 0 spiro atoms. The smallest absolute Gasteiger partial charge is 0.251 e. The maximum absolute atomic E-state index is 12.3. The van der Waals surface area contributed by atoms with Crippen molar-refractivity contribution in [1.29, 1.82) is 0 Å². The molecule has 6 nitrogen and oxygen atoms in total. The van der Waals surface area contributed by atoms with Gasteiger partial charge in [-0.15, -0.1) is 0 Å². The number of ether oxygens (including phenoxy) is 2. The van der Waals surface area contributed by atoms with Gasteiger partial charge in [-0.2, -0.15) is 0 Å². The van der Waals surface area contributed by atoms with Crippen LogP contribution in [0.15, 0.2) is 48.5 Å². The molecule has 2 amide bonds. The van der Waals surface area contributed by atoms with Crippen molar-refractivity contribution in [3.05, 3.63) is 54.1 Å². The minimum atomic E-state index is -0.204. The molecule has 2 aromatic carbocycles. The van der Waals surface area contributed by atoms with E-state index < -0.39 is 0 Å². The number of amides is 2. The fourth-order valence-corrected chi connectivity index (χ4v) is 2.77. The predicted molar refractivity (Wildman–Crippen MR) is 103 cm³/mol. The van der Waals surface area contributed by atoms with Gasteiger partial charge >= 0.3 is 0 Å². The fourth-order valence-electron chi connectivity index (χ4n) is 2.77. The summed E-state index contributed by atoms with van der Waals surface area (Å²) in [5.74, 6) is 1.83. The van der Waals surface area contributed by atoms with Gasteiger partial charge in [0.1, 0.15) is 18.1 Å². The van der Waals surface area contributed by atoms with Gasteiger partial charge in [-0.3, -0.25) is 9.59 Å². The standard InChI is InChI=1S/C21H24N2O4/c1-14-12-19(14)21(25)23-16-5-3-4-15(13-16)20(24)22-10-11-27-18-8-6-17(26-2)7-9-18/h3-9,13-14,19H,10-12H2,1-2H3,(H,22,24)(H,23,25). The Kier molecular flexibility index (Phi) is 5.96. The molecule has 0 saturated heterocycles. The highest BCUT2D eigenvalue weighted by atomic mass is 16.5. The summed E-state index contributed by atoms with van der Waals surface area (Å²) in [5.41, 5.74) is 1.14. The van der Waals surface area contributed by atoms with Crippen molar-refractivity contribution in [2.75, 3.05) is 25.6 Å². The molecule has 1 fully saturated rings. The minimum Gasteiger partial charge on any atom is -0.497 e. The van der Waals surface area contributed by atoms with Crippen LogP contribution >= 0.6 is 0 Å². The van der Waals surface area contributed by atoms with Crippen molar-refractivity contribution < 1.29 is 19.1 Å². The fraction of sp³-hybridized carbons (Fsp3) is 0.333. The van der Waals surface area contributed by atoms with Gasteiger partial charge in [0.15, 0.2) is 0 Å². The van der Waals surface area contributed by atoms with Gasteiger partial charge in [0, 0.05) is 17.2 Å². The van der Waals surface area contributed by atoms with Crippen LogP contribution in [-0.4, -0.2) is 32.1 Å². The average molecular weight is 368 g/mol. The molecule has 2 N–H and O–H groups in total. The van der Waals surface area contributed by atoms with Crippen molar-refractivity contribution in [3.63, 3.8) is 0 Å². The van der Waals surface area contributed by atoms with Crippen LogP contribution in [-0.2, 0) is 4.79 Å². The number of carbonyl (C=O) groups is 2. The molecule has 0 aliphatic heterocycles. The van der Waals surface area contributed by atoms with Crippen LogP contribution in [0.3, 0.4) is 0 Å². The molecular formula is C21H24N2O4. The Balaban J connectivity index is 1.44. The SMILES string of the molecule is COc1ccc(OCCNC(=O)c2cccc(NC(=O)C3CC3C)c2)cc1. The van der Waals surface area contributed by atoms with E-state index in [0.29, 0.717) is 36.1 Å². The Morgan fingerprint density at radius 2 is 1.81 bits per heavy atom. The highest BCUT2D eigenvalue weighted by Crippen LogP contribution is 2.38. The van der Waals surface area contributed by atoms with E-state index in [4.69, 9.17) is 9.47 Å². The summed E-state index contributed by atoms with van der Waals surface area (Å²) in [5, 5.41) is 5.69. The van der Waals surface area contributed by atoms with E-state index >= 15 is 0 Å². The lowest BCUT2D eigenvalue weighted by atomic mass is 10.2. The van der Waals surface area contributed by atoms with E-state index in [9.17, 15) is 9.59 Å². The molecule has 0 radical (unpaired) electrons. The Morgan fingerprint density at radius 3 is 2.48 bits per heavy atom. The molecule has 6 heteroatoms. The number of hydrogen-bond donors (Lipinski definition) is 2. The number of hydrogen-bond acceptors (Lipinski definition) is 4. The van der Waals surface area contributed by atoms with Gasteiger partial charge in [0.2, 0.25) is 5.91 Å². The van der Waals surface area contributed by atoms with Crippen LogP contribution < -0.4 is 20.1 Å². The van der Waals surface area contributed by atoms with Crippen molar-refractivity contribution >= 4 is 17.5 Å². The Bertz CT molecular complexity index is 804. The first-order valence-corrected chi connectivity index (χ1v) is 9.03. The zero-order valence-corrected chi connectivity index (χ0v) is 15.5. The third-order valence-corrected chi connectivity index (χ3v) is 4.55. The maximum Gasteiger partial charge on any atom is 0.251 e. The van der Waals surface area contributed by atoms with Crippen LogP contribution in [0.5, 0.6) is 11.5 Å². The lowest BCUT2D eigenvalue weighted by Gasteiger charge is -2.10. The molecule has 0 aromatic heterocycles. The molecular weight excluding hydrogens is 344 g/mol. The topological polar surface area (TPSA) is 76.7 Å². The first-order chi connectivity index (χ1) is 13.1. The average Bonchev–Trinajstić information content (AvgIpc) is 3.42. The van der Waals surface area contributed by atoms with Crippen molar-refractivity contribution in [3.8, 4) is 11.5 Å². The normalized spacial score (nSPS) is 17.7. The predicted octanol–water partition coefficient (Wildman–Crippen LogP) is 3.10. The number of carbonyl (C=O) groups excluding carboxylic acids is 2. The van der Waals surface area contributed by atoms with Crippen LogP contribution in [0.4, 0.5) is 5.69 Å². The zero-order valence-electron chi connectivity index (χ0n) is 15.5. The van der Waals surface area contributed by atoms with Gasteiger partial charge in [-0.05, 0) is 54.8 Å². The third kappa shape index (κ3) is 5.23. The van der Waals surface area contributed by atoms with E-state index in [0.717, 1.165) is 12.2 Å². The minimum absolute atomic E-state index is 0.0212. The number of benzene rings is 2. The lowest BCUT2D eigenvalue weighted by Crippen LogP contribution is -2.28. The third-order valence-electron chi connectivity index (χ3n) is 4.55. The number of rotatable bonds is 8. The largest absolute Gasteiger partial charge is 0.497 e. The monoisotopic (exact) mass is 368 g/mol. The van der Waals surface area contributed by atoms with Crippen LogP contribution in [0.2, 0.25) is 0 Å². The summed E-state index contributed by atoms with van der Waals surface area (Å²) >= 11 is 0. The molecule has 0 bridgehead atoms. The Hall–Kier alpha value is -3.02. The molecule has 142 valence electrons. The maximum atomic E-state index is 12.3. The van der Waals surface area contributed by atoms with Crippen molar-refractivity contribution in [2.45, 2.75) is 13.3 Å². The van der Waals surface area contributed by atoms with Gasteiger partial charge in [-0.1, -0.05) is 13.0 Å². The van der Waals surface area contributed by atoms with Gasteiger partial charge in [-0.25, -0.2) is 0 Å². The van der Waals surface area contributed by atoms with E-state index in [1.165, 1.54) is 0 Å². The van der Waals surface area contributed by atoms with Crippen LogP contribution in [0.25, 0.3) is 0 Å². The van der Waals surface area contributed by atoms with Gasteiger partial charge in [0.25, 0.3) is 5.91 Å². The molecule has 2 aromatic rings. The van der Waals surface area contributed by atoms with Crippen molar-refractivity contribution in [1.82, 2.24) is 5.32 Å². The summed E-state index contributed by atoms with van der Waals surface area (Å²) in [6.07, 6.45) is 0.931. The second kappa shape index (κ2) is 8.58. The summed E-state index contributed by atoms with van der Waals surface area (Å²) < 4.78 is 10.7. The lowest BCUT2D eigenvalue weighted by molar-refractivity contribution is -0.117. The van der Waals surface area contributed by atoms with E-state index in [1.54, 1.807) is 31.4 Å². The highest BCUT2D eigenvalue weighted by molar-refractivity contribution is 5.98. The van der Waals surface area contributed by atoms with Crippen molar-refractivity contribution in [2.24, 2.45) is 11.8 Å². The first-order valence-electron chi connectivity index (χ1n) is 9.03. The molecule has 0 heterocycles. The van der Waals surface area contributed by atoms with Crippen LogP contribution in [0.1, 0.15) is 23.7 Å². The number of nitrogens with one attached hydrogen (secondary N) is 2. The molecule has 2 unspecified atom stereocenters. The second-order valence-electron chi connectivity index (χ2n) is 6.67. The highest BCUT2D eigenvalue weighted by Gasteiger charge is 2.39. The Labute approximate surface area is 158 Å². The zero-order chi connectivity index (χ0) is 19.2. The van der Waals surface area contributed by atoms with E-state index in [-0.39, 0.29) is 17.7 Å². The number of anilines is 1. The van der Waals surface area contributed by atoms with Gasteiger partial charge < -0.3 is 20.1 Å². The summed E-state index contributed by atoms with van der Waals surface area (Å²) in [6.45, 7) is 2.79. The van der Waals surface area contributed by atoms with Gasteiger partial charge in [0.05, 0.1) is 13.7 Å². The summed E-state index contributed by atoms with van der Waals surface area (Å²) in [4.78, 5) is 24.3. The summed E-state index contributed by atoms with van der Waals surface area (Å²) in [6, 6.07) is 14.2. The van der Waals surface area contributed by atoms with E-state index in [2.05, 4.69) is 17.6 Å². The van der Waals surface area contributed by atoms with E-state index in [1.807, 2.05) is 24.3 Å². The summed E-state index contributed by atoms with van der Waals surface area (Å²) in [7, 11) is 1.61. The molecule has 3 rings (SSSR count). The Morgan fingerprint density at radius 1 is 1.11 bits per heavy atom.